The van der Waals surface area contributed by atoms with E-state index in [1.54, 1.807) is 6.92 Å². The number of imide groups is 1. The van der Waals surface area contributed by atoms with Crippen LogP contribution in [0, 0.1) is 5.92 Å². The van der Waals surface area contributed by atoms with Crippen molar-refractivity contribution in [2.24, 2.45) is 5.92 Å². The van der Waals surface area contributed by atoms with Gasteiger partial charge in [0.05, 0.1) is 0 Å². The zero-order valence-corrected chi connectivity index (χ0v) is 12.8. The van der Waals surface area contributed by atoms with Crippen LogP contribution in [-0.2, 0) is 9.59 Å². The Kier molecular flexibility index (Phi) is 4.85. The van der Waals surface area contributed by atoms with Gasteiger partial charge >= 0.3 is 6.03 Å². The second kappa shape index (κ2) is 6.45. The highest BCUT2D eigenvalue weighted by Crippen LogP contribution is 2.24. The summed E-state index contributed by atoms with van der Waals surface area (Å²) >= 11 is 0. The normalized spacial score (nSPS) is 32.5. The molecule has 6 heteroatoms. The summed E-state index contributed by atoms with van der Waals surface area (Å²) in [5.74, 6) is 0.414. The molecule has 0 spiro atoms. The summed E-state index contributed by atoms with van der Waals surface area (Å²) in [6.45, 7) is 3.91. The van der Waals surface area contributed by atoms with Crippen LogP contribution in [0.5, 0.6) is 0 Å². The first kappa shape index (κ1) is 15.8. The van der Waals surface area contributed by atoms with Gasteiger partial charge in [-0.15, -0.1) is 0 Å². The Morgan fingerprint density at radius 3 is 2.76 bits per heavy atom. The Morgan fingerprint density at radius 2 is 2.14 bits per heavy atom. The van der Waals surface area contributed by atoms with Gasteiger partial charge in [0.1, 0.15) is 5.54 Å². The summed E-state index contributed by atoms with van der Waals surface area (Å²) in [4.78, 5) is 34.7. The average Bonchev–Trinajstić information content (AvgIpc) is 2.62. The largest absolute Gasteiger partial charge is 0.353 e. The van der Waals surface area contributed by atoms with E-state index in [0.29, 0.717) is 31.2 Å². The molecule has 0 aromatic carbocycles. The summed E-state index contributed by atoms with van der Waals surface area (Å²) in [6, 6.07) is -0.158. The van der Waals surface area contributed by atoms with Gasteiger partial charge in [0.15, 0.2) is 0 Å². The van der Waals surface area contributed by atoms with Crippen molar-refractivity contribution in [3.63, 3.8) is 0 Å². The molecule has 2 aliphatic rings. The van der Waals surface area contributed by atoms with E-state index in [4.69, 9.17) is 0 Å². The molecule has 0 aromatic rings. The van der Waals surface area contributed by atoms with Gasteiger partial charge in [-0.3, -0.25) is 14.9 Å². The second-order valence-electron chi connectivity index (χ2n) is 6.63. The molecule has 2 fully saturated rings. The molecule has 118 valence electrons. The molecule has 0 radical (unpaired) electrons. The minimum Gasteiger partial charge on any atom is -0.353 e. The summed E-state index contributed by atoms with van der Waals surface area (Å²) in [5, 5.41) is 7.92. The first-order valence-electron chi connectivity index (χ1n) is 7.82. The molecule has 1 saturated heterocycles. The van der Waals surface area contributed by atoms with Gasteiger partial charge in [-0.2, -0.15) is 0 Å². The fourth-order valence-electron chi connectivity index (χ4n) is 3.22. The highest BCUT2D eigenvalue weighted by molar-refractivity contribution is 6.06. The van der Waals surface area contributed by atoms with E-state index in [1.165, 1.54) is 12.8 Å². The molecule has 3 atom stereocenters. The van der Waals surface area contributed by atoms with Gasteiger partial charge < -0.3 is 10.6 Å². The fourth-order valence-corrected chi connectivity index (χ4v) is 3.22. The van der Waals surface area contributed by atoms with Gasteiger partial charge in [-0.25, -0.2) is 4.79 Å². The van der Waals surface area contributed by atoms with Gasteiger partial charge in [-0.1, -0.05) is 19.8 Å². The molecule has 3 N–H and O–H groups in total. The molecule has 6 nitrogen and oxygen atoms in total. The number of rotatable bonds is 5. The highest BCUT2D eigenvalue weighted by Gasteiger charge is 2.41. The minimum atomic E-state index is -0.878. The molecule has 1 aliphatic carbocycles. The smallest absolute Gasteiger partial charge is 0.322 e. The van der Waals surface area contributed by atoms with Crippen molar-refractivity contribution in [3.8, 4) is 0 Å². The van der Waals surface area contributed by atoms with E-state index in [-0.39, 0.29) is 11.8 Å². The quantitative estimate of drug-likeness (QED) is 0.671. The zero-order valence-electron chi connectivity index (χ0n) is 12.8. The Hall–Kier alpha value is -1.59. The van der Waals surface area contributed by atoms with Crippen LogP contribution in [0.3, 0.4) is 0 Å². The molecule has 0 bridgehead atoms. The summed E-state index contributed by atoms with van der Waals surface area (Å²) in [7, 11) is 0. The maximum absolute atomic E-state index is 11.9. The van der Waals surface area contributed by atoms with E-state index in [9.17, 15) is 14.4 Å². The predicted molar refractivity (Wildman–Crippen MR) is 78.5 cm³/mol. The fraction of sp³-hybridized carbons (Fsp3) is 0.800. The number of carbonyl (C=O) groups is 3. The molecule has 2 rings (SSSR count). The Morgan fingerprint density at radius 1 is 1.38 bits per heavy atom. The summed E-state index contributed by atoms with van der Waals surface area (Å²) < 4.78 is 0. The second-order valence-corrected chi connectivity index (χ2v) is 6.63. The molecular weight excluding hydrogens is 270 g/mol. The van der Waals surface area contributed by atoms with Crippen LogP contribution < -0.4 is 16.0 Å². The number of hydrogen-bond donors (Lipinski definition) is 3. The van der Waals surface area contributed by atoms with Crippen molar-refractivity contribution >= 4 is 17.8 Å². The average molecular weight is 295 g/mol. The third-order valence-corrected chi connectivity index (χ3v) is 4.50. The van der Waals surface area contributed by atoms with E-state index in [0.717, 1.165) is 12.8 Å². The van der Waals surface area contributed by atoms with Gasteiger partial charge in [-0.05, 0) is 38.5 Å². The molecule has 1 aliphatic heterocycles. The van der Waals surface area contributed by atoms with E-state index in [2.05, 4.69) is 22.9 Å². The zero-order chi connectivity index (χ0) is 15.5. The van der Waals surface area contributed by atoms with Crippen LogP contribution >= 0.6 is 0 Å². The molecule has 0 aromatic heterocycles. The molecule has 4 amide bonds. The van der Waals surface area contributed by atoms with Gasteiger partial charge in [0.25, 0.3) is 5.91 Å². The van der Waals surface area contributed by atoms with Crippen molar-refractivity contribution in [2.45, 2.75) is 70.4 Å². The standard InChI is InChI=1S/C15H25N3O3/c1-10-5-3-6-11(9-10)16-12(19)7-4-8-15(2)13(20)17-14(21)18-15/h10-11H,3-9H2,1-2H3,(H,16,19)(H2,17,18,20,21). The van der Waals surface area contributed by atoms with E-state index in [1.807, 2.05) is 0 Å². The SMILES string of the molecule is CC1CCCC(NC(=O)CCCC2(C)NC(=O)NC2=O)C1. The van der Waals surface area contributed by atoms with Crippen LogP contribution in [0.4, 0.5) is 4.79 Å². The van der Waals surface area contributed by atoms with Crippen molar-refractivity contribution in [3.05, 3.63) is 0 Å². The van der Waals surface area contributed by atoms with Crippen LogP contribution in [-0.4, -0.2) is 29.4 Å². The lowest BCUT2D eigenvalue weighted by molar-refractivity contribution is -0.125. The molecule has 1 saturated carbocycles. The van der Waals surface area contributed by atoms with Crippen LogP contribution in [0.1, 0.15) is 58.8 Å². The maximum atomic E-state index is 11.9. The number of urea groups is 1. The number of nitrogens with one attached hydrogen (secondary N) is 3. The van der Waals surface area contributed by atoms with Crippen LogP contribution in [0.15, 0.2) is 0 Å². The van der Waals surface area contributed by atoms with E-state index < -0.39 is 11.6 Å². The number of carbonyl (C=O) groups excluding carboxylic acids is 3. The van der Waals surface area contributed by atoms with Crippen LogP contribution in [0.2, 0.25) is 0 Å². The molecular formula is C15H25N3O3. The molecule has 21 heavy (non-hydrogen) atoms. The highest BCUT2D eigenvalue weighted by atomic mass is 16.2. The van der Waals surface area contributed by atoms with Crippen LogP contribution in [0.25, 0.3) is 0 Å². The monoisotopic (exact) mass is 295 g/mol. The Labute approximate surface area is 125 Å². The summed E-state index contributed by atoms with van der Waals surface area (Å²) in [5.41, 5.74) is -0.878. The Balaban J connectivity index is 1.69. The number of amides is 4. The first-order chi connectivity index (χ1) is 9.89. The minimum absolute atomic E-state index is 0.0439. The third kappa shape index (κ3) is 4.19. The predicted octanol–water partition coefficient (Wildman–Crippen LogP) is 1.45. The summed E-state index contributed by atoms with van der Waals surface area (Å²) in [6.07, 6.45) is 5.99. The number of hydrogen-bond acceptors (Lipinski definition) is 3. The van der Waals surface area contributed by atoms with Crippen molar-refractivity contribution in [2.75, 3.05) is 0 Å². The Bertz CT molecular complexity index is 438. The third-order valence-electron chi connectivity index (χ3n) is 4.50. The van der Waals surface area contributed by atoms with Crippen molar-refractivity contribution in [1.29, 1.82) is 0 Å². The van der Waals surface area contributed by atoms with E-state index >= 15 is 0 Å². The molecule has 3 unspecified atom stereocenters. The first-order valence-corrected chi connectivity index (χ1v) is 7.82. The lowest BCUT2D eigenvalue weighted by Crippen LogP contribution is -2.44. The molecule has 1 heterocycles. The lowest BCUT2D eigenvalue weighted by atomic mass is 9.87. The maximum Gasteiger partial charge on any atom is 0.322 e. The van der Waals surface area contributed by atoms with Crippen molar-refractivity contribution in [1.82, 2.24) is 16.0 Å². The van der Waals surface area contributed by atoms with Gasteiger partial charge in [0, 0.05) is 12.5 Å². The van der Waals surface area contributed by atoms with Gasteiger partial charge in [0.2, 0.25) is 5.91 Å². The van der Waals surface area contributed by atoms with Crippen molar-refractivity contribution < 1.29 is 14.4 Å². The lowest BCUT2D eigenvalue weighted by Gasteiger charge is -2.27. The topological polar surface area (TPSA) is 87.3 Å².